The third-order valence-electron chi connectivity index (χ3n) is 4.09. The highest BCUT2D eigenvalue weighted by Gasteiger charge is 2.29. The highest BCUT2D eigenvalue weighted by atomic mass is 35.5. The number of nitrogens with zero attached hydrogens (tertiary/aromatic N) is 1. The maximum Gasteiger partial charge on any atom is 0.173 e. The Bertz CT molecular complexity index is 714. The number of hydrogen-bond donors (Lipinski definition) is 1. The molecular weight excluding hydrogens is 367 g/mol. The maximum atomic E-state index is 6.25. The summed E-state index contributed by atoms with van der Waals surface area (Å²) >= 11 is 19.7. The molecule has 6 heteroatoms. The summed E-state index contributed by atoms with van der Waals surface area (Å²) in [6, 6.07) is 8.00. The van der Waals surface area contributed by atoms with Crippen LogP contribution in [0.2, 0.25) is 10.0 Å². The molecule has 1 aliphatic rings. The fourth-order valence-corrected chi connectivity index (χ4v) is 4.71. The van der Waals surface area contributed by atoms with Crippen molar-refractivity contribution in [3.8, 4) is 0 Å². The zero-order chi connectivity index (χ0) is 16.4. The van der Waals surface area contributed by atoms with Gasteiger partial charge in [0, 0.05) is 16.4 Å². The SMILES string of the molecule is CCC[C@H]1c2ccsc2CCN1C(=S)Nc1ccc(Cl)cc1Cl. The van der Waals surface area contributed by atoms with Crippen molar-refractivity contribution in [1.29, 1.82) is 0 Å². The van der Waals surface area contributed by atoms with Crippen LogP contribution in [0.4, 0.5) is 5.69 Å². The van der Waals surface area contributed by atoms with E-state index in [1.54, 1.807) is 6.07 Å². The van der Waals surface area contributed by atoms with Crippen LogP contribution in [0.1, 0.15) is 36.2 Å². The molecule has 1 N–H and O–H groups in total. The molecule has 0 aliphatic carbocycles. The predicted octanol–water partition coefficient (Wildman–Crippen LogP) is 6.15. The summed E-state index contributed by atoms with van der Waals surface area (Å²) in [6.07, 6.45) is 3.27. The zero-order valence-corrected chi connectivity index (χ0v) is 16.0. The molecule has 0 saturated carbocycles. The average molecular weight is 385 g/mol. The molecule has 2 aromatic rings. The van der Waals surface area contributed by atoms with Crippen LogP contribution < -0.4 is 5.32 Å². The van der Waals surface area contributed by atoms with Crippen LogP contribution in [-0.2, 0) is 6.42 Å². The first-order valence-electron chi connectivity index (χ1n) is 7.69. The fourth-order valence-electron chi connectivity index (χ4n) is 3.00. The van der Waals surface area contributed by atoms with E-state index in [9.17, 15) is 0 Å². The summed E-state index contributed by atoms with van der Waals surface area (Å²) in [5, 5.41) is 7.40. The first-order chi connectivity index (χ1) is 11.1. The topological polar surface area (TPSA) is 15.3 Å². The largest absolute Gasteiger partial charge is 0.342 e. The van der Waals surface area contributed by atoms with Crippen molar-refractivity contribution in [1.82, 2.24) is 4.90 Å². The minimum absolute atomic E-state index is 0.348. The van der Waals surface area contributed by atoms with Crippen molar-refractivity contribution >= 4 is 57.6 Å². The van der Waals surface area contributed by atoms with E-state index in [0.29, 0.717) is 16.1 Å². The number of anilines is 1. The number of fused-ring (bicyclic) bond motifs is 1. The fraction of sp³-hybridized carbons (Fsp3) is 0.353. The van der Waals surface area contributed by atoms with Crippen molar-refractivity contribution in [3.05, 3.63) is 50.1 Å². The molecule has 1 aliphatic heterocycles. The molecule has 0 radical (unpaired) electrons. The third kappa shape index (κ3) is 3.66. The molecule has 0 spiro atoms. The molecule has 0 bridgehead atoms. The van der Waals surface area contributed by atoms with Crippen molar-refractivity contribution in [2.75, 3.05) is 11.9 Å². The Kier molecular flexibility index (Phi) is 5.47. The average Bonchev–Trinajstić information content (AvgIpc) is 2.99. The lowest BCUT2D eigenvalue weighted by Gasteiger charge is -2.38. The maximum absolute atomic E-state index is 6.25. The monoisotopic (exact) mass is 384 g/mol. The number of nitrogens with one attached hydrogen (secondary N) is 1. The van der Waals surface area contributed by atoms with Crippen LogP contribution >= 0.6 is 46.8 Å². The standard InChI is InChI=1S/C17H18Cl2N2S2/c1-2-3-15-12-7-9-23-16(12)6-8-21(15)17(22)20-14-5-4-11(18)10-13(14)19/h4-5,7,9-10,15H,2-3,6,8H2,1H3,(H,20,22)/t15-/m0/s1. The smallest absolute Gasteiger partial charge is 0.173 e. The molecule has 2 heterocycles. The molecule has 1 aromatic heterocycles. The van der Waals surface area contributed by atoms with Crippen LogP contribution in [0, 0.1) is 0 Å². The molecule has 3 rings (SSSR count). The molecule has 2 nitrogen and oxygen atoms in total. The van der Waals surface area contributed by atoms with Gasteiger partial charge in [-0.15, -0.1) is 11.3 Å². The number of thiophene rings is 1. The van der Waals surface area contributed by atoms with E-state index in [1.165, 1.54) is 10.4 Å². The number of thiocarbonyl (C=S) groups is 1. The Morgan fingerprint density at radius 2 is 2.22 bits per heavy atom. The molecule has 0 unspecified atom stereocenters. The lowest BCUT2D eigenvalue weighted by molar-refractivity contribution is 0.289. The van der Waals surface area contributed by atoms with Gasteiger partial charge >= 0.3 is 0 Å². The van der Waals surface area contributed by atoms with Gasteiger partial charge < -0.3 is 10.2 Å². The van der Waals surface area contributed by atoms with Crippen LogP contribution in [0.3, 0.4) is 0 Å². The van der Waals surface area contributed by atoms with Crippen LogP contribution in [0.25, 0.3) is 0 Å². The van der Waals surface area contributed by atoms with Gasteiger partial charge in [-0.05, 0) is 60.3 Å². The van der Waals surface area contributed by atoms with E-state index in [2.05, 4.69) is 28.6 Å². The van der Waals surface area contributed by atoms with Crippen LogP contribution in [0.15, 0.2) is 29.6 Å². The number of benzene rings is 1. The normalized spacial score (nSPS) is 17.0. The predicted molar refractivity (Wildman–Crippen MR) is 105 cm³/mol. The van der Waals surface area contributed by atoms with E-state index in [0.717, 1.165) is 36.6 Å². The van der Waals surface area contributed by atoms with Gasteiger partial charge in [0.2, 0.25) is 0 Å². The zero-order valence-electron chi connectivity index (χ0n) is 12.8. The van der Waals surface area contributed by atoms with E-state index in [1.807, 2.05) is 23.5 Å². The Morgan fingerprint density at radius 3 is 2.96 bits per heavy atom. The van der Waals surface area contributed by atoms with Gasteiger partial charge in [0.05, 0.1) is 16.8 Å². The molecule has 1 atom stereocenters. The Balaban J connectivity index is 1.81. The highest BCUT2D eigenvalue weighted by Crippen LogP contribution is 2.36. The van der Waals surface area contributed by atoms with E-state index >= 15 is 0 Å². The minimum Gasteiger partial charge on any atom is -0.342 e. The number of rotatable bonds is 3. The van der Waals surface area contributed by atoms with Crippen molar-refractivity contribution < 1.29 is 0 Å². The van der Waals surface area contributed by atoms with Crippen LogP contribution in [-0.4, -0.2) is 16.6 Å². The summed E-state index contributed by atoms with van der Waals surface area (Å²) in [7, 11) is 0. The Morgan fingerprint density at radius 1 is 1.39 bits per heavy atom. The van der Waals surface area contributed by atoms with E-state index < -0.39 is 0 Å². The third-order valence-corrected chi connectivity index (χ3v) is 5.97. The summed E-state index contributed by atoms with van der Waals surface area (Å²) in [5.74, 6) is 0. The molecule has 0 amide bonds. The van der Waals surface area contributed by atoms with Crippen molar-refractivity contribution in [2.24, 2.45) is 0 Å². The van der Waals surface area contributed by atoms with Gasteiger partial charge in [-0.25, -0.2) is 0 Å². The summed E-state index contributed by atoms with van der Waals surface area (Å²) < 4.78 is 0. The van der Waals surface area contributed by atoms with E-state index in [-0.39, 0.29) is 0 Å². The summed E-state index contributed by atoms with van der Waals surface area (Å²) in [4.78, 5) is 3.78. The van der Waals surface area contributed by atoms with Gasteiger partial charge in [0.15, 0.2) is 5.11 Å². The second kappa shape index (κ2) is 7.39. The van der Waals surface area contributed by atoms with Crippen LogP contribution in [0.5, 0.6) is 0 Å². The molecule has 122 valence electrons. The lowest BCUT2D eigenvalue weighted by atomic mass is 9.96. The van der Waals surface area contributed by atoms with E-state index in [4.69, 9.17) is 35.4 Å². The Labute approximate surface area is 156 Å². The van der Waals surface area contributed by atoms with Crippen molar-refractivity contribution in [3.63, 3.8) is 0 Å². The highest BCUT2D eigenvalue weighted by molar-refractivity contribution is 7.80. The van der Waals surface area contributed by atoms with Gasteiger partial charge in [-0.3, -0.25) is 0 Å². The lowest BCUT2D eigenvalue weighted by Crippen LogP contribution is -2.41. The Hall–Kier alpha value is -0.810. The molecular formula is C17H18Cl2N2S2. The molecule has 0 fully saturated rings. The minimum atomic E-state index is 0.348. The number of hydrogen-bond acceptors (Lipinski definition) is 2. The van der Waals surface area contributed by atoms with Gasteiger partial charge in [0.25, 0.3) is 0 Å². The van der Waals surface area contributed by atoms with Gasteiger partial charge in [0.1, 0.15) is 0 Å². The molecule has 0 saturated heterocycles. The molecule has 23 heavy (non-hydrogen) atoms. The summed E-state index contributed by atoms with van der Waals surface area (Å²) in [6.45, 7) is 3.15. The molecule has 1 aromatic carbocycles. The van der Waals surface area contributed by atoms with Gasteiger partial charge in [-0.1, -0.05) is 36.5 Å². The first-order valence-corrected chi connectivity index (χ1v) is 9.73. The van der Waals surface area contributed by atoms with Crippen molar-refractivity contribution in [2.45, 2.75) is 32.2 Å². The first kappa shape index (κ1) is 17.0. The van der Waals surface area contributed by atoms with Gasteiger partial charge in [-0.2, -0.15) is 0 Å². The second-order valence-electron chi connectivity index (χ2n) is 5.60. The summed E-state index contributed by atoms with van der Waals surface area (Å²) in [5.41, 5.74) is 2.22. The quantitative estimate of drug-likeness (QED) is 0.638. The second-order valence-corrected chi connectivity index (χ2v) is 7.83. The number of halogens is 2.